The van der Waals surface area contributed by atoms with Gasteiger partial charge < -0.3 is 14.6 Å². The number of esters is 1. The van der Waals surface area contributed by atoms with Crippen LogP contribution in [0, 0.1) is 13.8 Å². The second-order valence-corrected chi connectivity index (χ2v) is 5.31. The normalized spacial score (nSPS) is 10.3. The lowest BCUT2D eigenvalue weighted by Crippen LogP contribution is -2.26. The van der Waals surface area contributed by atoms with Crippen LogP contribution >= 0.6 is 11.8 Å². The molecule has 0 radical (unpaired) electrons. The highest BCUT2D eigenvalue weighted by Gasteiger charge is 2.10. The first-order chi connectivity index (χ1) is 9.54. The molecule has 1 amide bonds. The van der Waals surface area contributed by atoms with Crippen LogP contribution in [-0.2, 0) is 20.1 Å². The average molecular weight is 300 g/mol. The van der Waals surface area contributed by atoms with Crippen LogP contribution in [0.2, 0.25) is 0 Å². The van der Waals surface area contributed by atoms with Crippen LogP contribution in [0.3, 0.4) is 0 Å². The molecule has 0 aliphatic carbocycles. The van der Waals surface area contributed by atoms with E-state index in [0.717, 1.165) is 17.0 Å². The largest absolute Gasteiger partial charge is 0.469 e. The first-order valence-corrected chi connectivity index (χ1v) is 7.53. The topological polar surface area (TPSA) is 81.4 Å². The predicted molar refractivity (Wildman–Crippen MR) is 76.4 cm³/mol. The van der Waals surface area contributed by atoms with Gasteiger partial charge in [0.05, 0.1) is 18.6 Å². The van der Waals surface area contributed by atoms with Crippen LogP contribution < -0.4 is 5.32 Å². The number of nitrogens with one attached hydrogen (secondary N) is 1. The van der Waals surface area contributed by atoms with Gasteiger partial charge >= 0.3 is 5.97 Å². The monoisotopic (exact) mass is 300 g/mol. The van der Waals surface area contributed by atoms with Crippen LogP contribution in [0.4, 0.5) is 0 Å². The molecule has 7 heteroatoms. The molecule has 1 aromatic rings. The van der Waals surface area contributed by atoms with Crippen molar-refractivity contribution in [3.8, 4) is 0 Å². The van der Waals surface area contributed by atoms with Crippen molar-refractivity contribution in [3.63, 3.8) is 0 Å². The molecule has 1 heterocycles. The number of hydrogen-bond donors (Lipinski definition) is 1. The Morgan fingerprint density at radius 1 is 1.40 bits per heavy atom. The summed E-state index contributed by atoms with van der Waals surface area (Å²) in [6, 6.07) is 0. The minimum atomic E-state index is -0.257. The van der Waals surface area contributed by atoms with Gasteiger partial charge in [0, 0.05) is 24.3 Å². The lowest BCUT2D eigenvalue weighted by atomic mass is 10.2. The number of rotatable bonds is 8. The maximum Gasteiger partial charge on any atom is 0.305 e. The number of thioether (sulfide) groups is 1. The van der Waals surface area contributed by atoms with Gasteiger partial charge in [-0.2, -0.15) is 0 Å². The molecule has 0 aliphatic heterocycles. The Balaban J connectivity index is 2.13. The third-order valence-electron chi connectivity index (χ3n) is 2.77. The summed E-state index contributed by atoms with van der Waals surface area (Å²) in [7, 11) is 1.35. The van der Waals surface area contributed by atoms with Crippen molar-refractivity contribution in [2.24, 2.45) is 0 Å². The van der Waals surface area contributed by atoms with Crippen LogP contribution in [0.25, 0.3) is 0 Å². The van der Waals surface area contributed by atoms with Crippen LogP contribution in [-0.4, -0.2) is 36.4 Å². The molecule has 112 valence electrons. The number of aryl methyl sites for hydroxylation is 2. The van der Waals surface area contributed by atoms with Gasteiger partial charge in [0.2, 0.25) is 5.91 Å². The highest BCUT2D eigenvalue weighted by molar-refractivity contribution is 7.99. The molecule has 0 spiro atoms. The lowest BCUT2D eigenvalue weighted by Gasteiger charge is -2.04. The van der Waals surface area contributed by atoms with Crippen molar-refractivity contribution in [3.05, 3.63) is 17.0 Å². The molecule has 0 unspecified atom stereocenters. The average Bonchev–Trinajstić information content (AvgIpc) is 2.75. The molecule has 0 saturated carbocycles. The van der Waals surface area contributed by atoms with E-state index >= 15 is 0 Å². The number of methoxy groups -OCH3 is 1. The fraction of sp³-hybridized carbons (Fsp3) is 0.615. The second-order valence-electron chi connectivity index (χ2n) is 4.33. The highest BCUT2D eigenvalue weighted by Crippen LogP contribution is 2.19. The summed E-state index contributed by atoms with van der Waals surface area (Å²) in [5.74, 6) is 1.59. The molecule has 0 bridgehead atoms. The maximum absolute atomic E-state index is 11.6. The van der Waals surface area contributed by atoms with E-state index in [-0.39, 0.29) is 11.9 Å². The molecule has 0 atom stereocenters. The Kier molecular flexibility index (Phi) is 7.14. The third-order valence-corrected chi connectivity index (χ3v) is 3.73. The summed E-state index contributed by atoms with van der Waals surface area (Å²) in [5.41, 5.74) is 1.92. The number of carbonyl (C=O) groups is 2. The Morgan fingerprint density at radius 3 is 2.75 bits per heavy atom. The fourth-order valence-corrected chi connectivity index (χ4v) is 2.57. The molecule has 20 heavy (non-hydrogen) atoms. The minimum Gasteiger partial charge on any atom is -0.469 e. The van der Waals surface area contributed by atoms with Crippen molar-refractivity contribution in [2.45, 2.75) is 32.4 Å². The number of amides is 1. The van der Waals surface area contributed by atoms with E-state index in [0.29, 0.717) is 30.9 Å². The Bertz CT molecular complexity index is 440. The van der Waals surface area contributed by atoms with Crippen molar-refractivity contribution >= 4 is 23.6 Å². The Morgan fingerprint density at radius 2 is 2.15 bits per heavy atom. The zero-order valence-corrected chi connectivity index (χ0v) is 12.8. The molecule has 0 aliphatic rings. The van der Waals surface area contributed by atoms with Gasteiger partial charge in [-0.1, -0.05) is 5.16 Å². The Labute approximate surface area is 122 Å². The van der Waals surface area contributed by atoms with Gasteiger partial charge in [0.25, 0.3) is 0 Å². The quantitative estimate of drug-likeness (QED) is 0.580. The predicted octanol–water partition coefficient (Wildman–Crippen LogP) is 1.59. The molecular formula is C13H20N2O4S. The van der Waals surface area contributed by atoms with Crippen molar-refractivity contribution in [1.82, 2.24) is 10.5 Å². The number of carbonyl (C=O) groups excluding carboxylic acids is 2. The first-order valence-electron chi connectivity index (χ1n) is 6.37. The molecule has 0 saturated heterocycles. The zero-order chi connectivity index (χ0) is 15.0. The van der Waals surface area contributed by atoms with Crippen LogP contribution in [0.15, 0.2) is 4.52 Å². The third kappa shape index (κ3) is 5.64. The van der Waals surface area contributed by atoms with Crippen LogP contribution in [0.5, 0.6) is 0 Å². The maximum atomic E-state index is 11.6. The summed E-state index contributed by atoms with van der Waals surface area (Å²) in [4.78, 5) is 22.4. The van der Waals surface area contributed by atoms with E-state index in [1.165, 1.54) is 18.9 Å². The van der Waals surface area contributed by atoms with Gasteiger partial charge in [-0.15, -0.1) is 11.8 Å². The van der Waals surface area contributed by atoms with Crippen molar-refractivity contribution in [1.29, 1.82) is 0 Å². The molecule has 1 aromatic heterocycles. The summed E-state index contributed by atoms with van der Waals surface area (Å²) >= 11 is 1.51. The second kappa shape index (κ2) is 8.63. The lowest BCUT2D eigenvalue weighted by molar-refractivity contribution is -0.140. The summed E-state index contributed by atoms with van der Waals surface area (Å²) < 4.78 is 9.57. The highest BCUT2D eigenvalue weighted by atomic mass is 32.2. The number of nitrogens with zero attached hydrogens (tertiary/aromatic N) is 1. The Hall–Kier alpha value is -1.50. The molecule has 0 aromatic carbocycles. The summed E-state index contributed by atoms with van der Waals surface area (Å²) in [6.07, 6.45) is 0.913. The van der Waals surface area contributed by atoms with E-state index in [1.54, 1.807) is 0 Å². The van der Waals surface area contributed by atoms with Crippen LogP contribution in [0.1, 0.15) is 29.9 Å². The summed E-state index contributed by atoms with van der Waals surface area (Å²) in [5, 5.41) is 6.63. The van der Waals surface area contributed by atoms with E-state index < -0.39 is 0 Å². The number of hydrogen-bond acceptors (Lipinski definition) is 6. The van der Waals surface area contributed by atoms with Crippen molar-refractivity contribution < 1.29 is 18.8 Å². The number of ether oxygens (including phenoxy) is 1. The van der Waals surface area contributed by atoms with E-state index in [1.807, 2.05) is 13.8 Å². The molecule has 1 N–H and O–H groups in total. The van der Waals surface area contributed by atoms with E-state index in [4.69, 9.17) is 4.52 Å². The zero-order valence-electron chi connectivity index (χ0n) is 12.0. The number of aromatic nitrogens is 1. The van der Waals surface area contributed by atoms with Gasteiger partial charge in [-0.05, 0) is 20.3 Å². The fourth-order valence-electron chi connectivity index (χ4n) is 1.57. The molecular weight excluding hydrogens is 280 g/mol. The smallest absolute Gasteiger partial charge is 0.305 e. The van der Waals surface area contributed by atoms with E-state index in [9.17, 15) is 9.59 Å². The first kappa shape index (κ1) is 16.6. The van der Waals surface area contributed by atoms with Crippen molar-refractivity contribution in [2.75, 3.05) is 19.4 Å². The molecule has 6 nitrogen and oxygen atoms in total. The SMILES string of the molecule is COC(=O)CCCNC(=O)CSCc1c(C)noc1C. The van der Waals surface area contributed by atoms with Gasteiger partial charge in [0.1, 0.15) is 5.76 Å². The minimum absolute atomic E-state index is 0.0355. The van der Waals surface area contributed by atoms with Gasteiger partial charge in [-0.3, -0.25) is 9.59 Å². The molecule has 1 rings (SSSR count). The standard InChI is InChI=1S/C13H20N2O4S/c1-9-11(10(2)19-15-9)7-20-8-12(16)14-6-4-5-13(17)18-3/h4-8H2,1-3H3,(H,14,16). The van der Waals surface area contributed by atoms with E-state index in [2.05, 4.69) is 15.2 Å². The van der Waals surface area contributed by atoms with Gasteiger partial charge in [-0.25, -0.2) is 0 Å². The molecule has 0 fully saturated rings. The van der Waals surface area contributed by atoms with Gasteiger partial charge in [0.15, 0.2) is 0 Å². The summed E-state index contributed by atoms with van der Waals surface area (Å²) in [6.45, 7) is 4.24.